The van der Waals surface area contributed by atoms with Crippen molar-refractivity contribution in [2.24, 2.45) is 0 Å². The van der Waals surface area contributed by atoms with E-state index in [0.29, 0.717) is 21.5 Å². The standard InChI is InChI=1S/C15H10Cl2N2O/c1-20-10-7-5-9(6-8-10)15-18-13-11(14(17)19-15)3-2-4-12(13)16/h2-8H,1H3. The molecule has 3 aromatic rings. The second-order valence-corrected chi connectivity index (χ2v) is 4.97. The molecule has 3 rings (SSSR count). The first kappa shape index (κ1) is 13.2. The fourth-order valence-electron chi connectivity index (χ4n) is 1.95. The number of benzene rings is 2. The Balaban J connectivity index is 2.18. The summed E-state index contributed by atoms with van der Waals surface area (Å²) in [7, 11) is 1.62. The lowest BCUT2D eigenvalue weighted by atomic mass is 10.2. The molecule has 3 nitrogen and oxygen atoms in total. The van der Waals surface area contributed by atoms with Gasteiger partial charge in [0.05, 0.1) is 17.6 Å². The fraction of sp³-hybridized carbons (Fsp3) is 0.0667. The summed E-state index contributed by atoms with van der Waals surface area (Å²) in [5.74, 6) is 1.32. The summed E-state index contributed by atoms with van der Waals surface area (Å²) >= 11 is 12.4. The van der Waals surface area contributed by atoms with Crippen molar-refractivity contribution in [2.45, 2.75) is 0 Å². The lowest BCUT2D eigenvalue weighted by Gasteiger charge is -2.06. The molecule has 5 heteroatoms. The Morgan fingerprint density at radius 2 is 1.70 bits per heavy atom. The molecule has 0 unspecified atom stereocenters. The third-order valence-electron chi connectivity index (χ3n) is 2.98. The lowest BCUT2D eigenvalue weighted by Crippen LogP contribution is -1.92. The quantitative estimate of drug-likeness (QED) is 0.648. The Labute approximate surface area is 126 Å². The number of aromatic nitrogens is 2. The van der Waals surface area contributed by atoms with Gasteiger partial charge in [-0.25, -0.2) is 9.97 Å². The molecule has 0 N–H and O–H groups in total. The molecule has 0 aliphatic heterocycles. The summed E-state index contributed by atoms with van der Waals surface area (Å²) in [5, 5.41) is 1.70. The zero-order valence-electron chi connectivity index (χ0n) is 10.6. The lowest BCUT2D eigenvalue weighted by molar-refractivity contribution is 0.415. The van der Waals surface area contributed by atoms with E-state index in [1.807, 2.05) is 36.4 Å². The highest BCUT2D eigenvalue weighted by Crippen LogP contribution is 2.29. The van der Waals surface area contributed by atoms with Crippen LogP contribution in [0.2, 0.25) is 10.2 Å². The van der Waals surface area contributed by atoms with Gasteiger partial charge in [-0.2, -0.15) is 0 Å². The van der Waals surface area contributed by atoms with Crippen LogP contribution >= 0.6 is 23.2 Å². The molecule has 2 aromatic carbocycles. The molecule has 0 atom stereocenters. The first-order valence-corrected chi connectivity index (χ1v) is 6.71. The zero-order chi connectivity index (χ0) is 14.1. The molecule has 0 spiro atoms. The Bertz CT molecular complexity index is 773. The van der Waals surface area contributed by atoms with Crippen LogP contribution in [-0.2, 0) is 0 Å². The van der Waals surface area contributed by atoms with Crippen molar-refractivity contribution in [3.8, 4) is 17.1 Å². The Morgan fingerprint density at radius 1 is 0.950 bits per heavy atom. The third kappa shape index (κ3) is 2.30. The summed E-state index contributed by atoms with van der Waals surface area (Å²) in [5.41, 5.74) is 1.51. The topological polar surface area (TPSA) is 35.0 Å². The molecule has 0 saturated heterocycles. The summed E-state index contributed by atoms with van der Waals surface area (Å²) < 4.78 is 5.13. The predicted octanol–water partition coefficient (Wildman–Crippen LogP) is 4.61. The van der Waals surface area contributed by atoms with Crippen LogP contribution in [0.15, 0.2) is 42.5 Å². The number of hydrogen-bond acceptors (Lipinski definition) is 3. The zero-order valence-corrected chi connectivity index (χ0v) is 12.1. The van der Waals surface area contributed by atoms with E-state index >= 15 is 0 Å². The summed E-state index contributed by atoms with van der Waals surface area (Å²) in [6, 6.07) is 12.9. The first-order chi connectivity index (χ1) is 9.69. The SMILES string of the molecule is COc1ccc(-c2nc(Cl)c3cccc(Cl)c3n2)cc1. The molecule has 0 fully saturated rings. The number of halogens is 2. The molecule has 0 aliphatic carbocycles. The largest absolute Gasteiger partial charge is 0.497 e. The smallest absolute Gasteiger partial charge is 0.161 e. The van der Waals surface area contributed by atoms with Crippen molar-refractivity contribution in [1.82, 2.24) is 9.97 Å². The highest BCUT2D eigenvalue weighted by atomic mass is 35.5. The highest BCUT2D eigenvalue weighted by molar-refractivity contribution is 6.38. The van der Waals surface area contributed by atoms with Crippen LogP contribution < -0.4 is 4.74 Å². The van der Waals surface area contributed by atoms with Crippen LogP contribution in [-0.4, -0.2) is 17.1 Å². The number of nitrogens with zero attached hydrogens (tertiary/aromatic N) is 2. The molecule has 100 valence electrons. The van der Waals surface area contributed by atoms with Crippen LogP contribution in [0.4, 0.5) is 0 Å². The van der Waals surface area contributed by atoms with Crippen LogP contribution in [0.3, 0.4) is 0 Å². The van der Waals surface area contributed by atoms with E-state index < -0.39 is 0 Å². The van der Waals surface area contributed by atoms with Gasteiger partial charge in [-0.15, -0.1) is 0 Å². The molecular formula is C15H10Cl2N2O. The second-order valence-electron chi connectivity index (χ2n) is 4.20. The molecular weight excluding hydrogens is 295 g/mol. The maximum Gasteiger partial charge on any atom is 0.161 e. The average molecular weight is 305 g/mol. The molecule has 0 amide bonds. The number of hydrogen-bond donors (Lipinski definition) is 0. The van der Waals surface area contributed by atoms with Gasteiger partial charge < -0.3 is 4.74 Å². The minimum Gasteiger partial charge on any atom is -0.497 e. The van der Waals surface area contributed by atoms with Crippen molar-refractivity contribution in [1.29, 1.82) is 0 Å². The summed E-state index contributed by atoms with van der Waals surface area (Å²) in [4.78, 5) is 8.82. The van der Waals surface area contributed by atoms with Gasteiger partial charge in [0.25, 0.3) is 0 Å². The number of methoxy groups -OCH3 is 1. The van der Waals surface area contributed by atoms with E-state index in [9.17, 15) is 0 Å². The van der Waals surface area contributed by atoms with Crippen molar-refractivity contribution >= 4 is 34.1 Å². The van der Waals surface area contributed by atoms with Gasteiger partial charge in [-0.3, -0.25) is 0 Å². The first-order valence-electron chi connectivity index (χ1n) is 5.95. The van der Waals surface area contributed by atoms with E-state index in [2.05, 4.69) is 9.97 Å². The number of fused-ring (bicyclic) bond motifs is 1. The van der Waals surface area contributed by atoms with Crippen molar-refractivity contribution < 1.29 is 4.74 Å². The van der Waals surface area contributed by atoms with E-state index in [1.54, 1.807) is 13.2 Å². The maximum absolute atomic E-state index is 6.21. The number of ether oxygens (including phenoxy) is 1. The summed E-state index contributed by atoms with van der Waals surface area (Å²) in [6.07, 6.45) is 0. The van der Waals surface area contributed by atoms with Gasteiger partial charge in [0.2, 0.25) is 0 Å². The average Bonchev–Trinajstić information content (AvgIpc) is 2.48. The van der Waals surface area contributed by atoms with Crippen molar-refractivity contribution in [3.63, 3.8) is 0 Å². The second kappa shape index (κ2) is 5.27. The van der Waals surface area contributed by atoms with E-state index in [1.165, 1.54) is 0 Å². The van der Waals surface area contributed by atoms with E-state index in [0.717, 1.165) is 16.7 Å². The van der Waals surface area contributed by atoms with Crippen molar-refractivity contribution in [2.75, 3.05) is 7.11 Å². The molecule has 20 heavy (non-hydrogen) atoms. The molecule has 1 aromatic heterocycles. The molecule has 0 saturated carbocycles. The Morgan fingerprint density at radius 3 is 2.40 bits per heavy atom. The number of rotatable bonds is 2. The Kier molecular flexibility index (Phi) is 3.47. The number of para-hydroxylation sites is 1. The fourth-order valence-corrected chi connectivity index (χ4v) is 2.40. The third-order valence-corrected chi connectivity index (χ3v) is 3.57. The van der Waals surface area contributed by atoms with Gasteiger partial charge in [-0.1, -0.05) is 29.3 Å². The van der Waals surface area contributed by atoms with Gasteiger partial charge in [0, 0.05) is 10.9 Å². The van der Waals surface area contributed by atoms with Crippen LogP contribution in [0, 0.1) is 0 Å². The monoisotopic (exact) mass is 304 g/mol. The highest BCUT2D eigenvalue weighted by Gasteiger charge is 2.10. The van der Waals surface area contributed by atoms with E-state index in [4.69, 9.17) is 27.9 Å². The normalized spacial score (nSPS) is 10.8. The van der Waals surface area contributed by atoms with Crippen LogP contribution in [0.5, 0.6) is 5.75 Å². The summed E-state index contributed by atoms with van der Waals surface area (Å²) in [6.45, 7) is 0. The van der Waals surface area contributed by atoms with Gasteiger partial charge >= 0.3 is 0 Å². The maximum atomic E-state index is 6.21. The molecule has 0 radical (unpaired) electrons. The minimum atomic E-state index is 0.392. The predicted molar refractivity (Wildman–Crippen MR) is 81.5 cm³/mol. The van der Waals surface area contributed by atoms with Gasteiger partial charge in [0.1, 0.15) is 10.9 Å². The van der Waals surface area contributed by atoms with Crippen molar-refractivity contribution in [3.05, 3.63) is 52.6 Å². The molecule has 0 aliphatic rings. The Hall–Kier alpha value is -1.84. The van der Waals surface area contributed by atoms with E-state index in [-0.39, 0.29) is 0 Å². The molecule has 1 heterocycles. The van der Waals surface area contributed by atoms with Crippen LogP contribution in [0.25, 0.3) is 22.3 Å². The minimum absolute atomic E-state index is 0.392. The van der Waals surface area contributed by atoms with Crippen LogP contribution in [0.1, 0.15) is 0 Å². The van der Waals surface area contributed by atoms with Gasteiger partial charge in [0.15, 0.2) is 5.82 Å². The van der Waals surface area contributed by atoms with Gasteiger partial charge in [-0.05, 0) is 36.4 Å². The molecule has 0 bridgehead atoms.